The fraction of sp³-hybridized carbons (Fsp3) is 0.536. The van der Waals surface area contributed by atoms with Crippen LogP contribution in [0.5, 0.6) is 0 Å². The van der Waals surface area contributed by atoms with Crippen LogP contribution in [0.2, 0.25) is 0 Å². The predicted molar refractivity (Wildman–Crippen MR) is 163 cm³/mol. The zero-order valence-corrected chi connectivity index (χ0v) is 25.0. The van der Waals surface area contributed by atoms with Crippen LogP contribution < -0.4 is 10.6 Å². The largest absolute Gasteiger partial charge is 0.398 e. The van der Waals surface area contributed by atoms with Crippen molar-refractivity contribution in [1.82, 2.24) is 19.2 Å². The van der Waals surface area contributed by atoms with E-state index in [0.717, 1.165) is 72.7 Å². The molecule has 220 valence electrons. The summed E-state index contributed by atoms with van der Waals surface area (Å²) in [6.07, 6.45) is 6.03. The molecule has 2 N–H and O–H groups in total. The molecule has 3 fully saturated rings. The second-order valence-corrected chi connectivity index (χ2v) is 13.8. The van der Waals surface area contributed by atoms with Crippen LogP contribution in [0.25, 0.3) is 21.6 Å². The number of thiophene rings is 1. The fourth-order valence-electron chi connectivity index (χ4n) is 5.53. The Morgan fingerprint density at radius 3 is 2.63 bits per heavy atom. The van der Waals surface area contributed by atoms with E-state index in [4.69, 9.17) is 30.2 Å². The minimum Gasteiger partial charge on any atom is -0.398 e. The molecule has 1 aromatic carbocycles. The van der Waals surface area contributed by atoms with Crippen molar-refractivity contribution in [2.45, 2.75) is 32.0 Å². The average Bonchev–Trinajstić information content (AvgIpc) is 3.39. The number of nitrogens with two attached hydrogens (primary N) is 1. The molecule has 2 aromatic heterocycles. The Morgan fingerprint density at radius 2 is 1.90 bits per heavy atom. The highest BCUT2D eigenvalue weighted by Crippen LogP contribution is 2.35. The highest BCUT2D eigenvalue weighted by Gasteiger charge is 2.25. The third-order valence-electron chi connectivity index (χ3n) is 7.82. The standard InChI is InChI=1S/C28H37N7O4S2/c1-41(36,37)35-10-8-33(9-11-35)19-20-17-22-27(34-12-15-38-16-13-34)31-26(32-28(22)40-20)21-5-4-6-24(29)23(21)18-30-25-7-2-3-14-39-25/h4-6,17-18,25H,2-3,7-16,19,29H2,1H3. The van der Waals surface area contributed by atoms with Crippen LogP contribution in [0.1, 0.15) is 29.7 Å². The summed E-state index contributed by atoms with van der Waals surface area (Å²) >= 11 is 1.66. The Balaban J connectivity index is 1.33. The van der Waals surface area contributed by atoms with Crippen LogP contribution >= 0.6 is 11.3 Å². The van der Waals surface area contributed by atoms with Gasteiger partial charge >= 0.3 is 0 Å². The molecule has 0 radical (unpaired) electrons. The van der Waals surface area contributed by atoms with Gasteiger partial charge in [-0.3, -0.25) is 9.89 Å². The van der Waals surface area contributed by atoms with E-state index in [9.17, 15) is 8.42 Å². The van der Waals surface area contributed by atoms with Gasteiger partial charge in [0.1, 0.15) is 16.9 Å². The number of aromatic nitrogens is 2. The fourth-order valence-corrected chi connectivity index (χ4v) is 7.42. The number of sulfonamides is 1. The van der Waals surface area contributed by atoms with Crippen LogP contribution in [-0.4, -0.2) is 105 Å². The van der Waals surface area contributed by atoms with Crippen LogP contribution in [0.4, 0.5) is 11.5 Å². The number of nitrogens with zero attached hydrogens (tertiary/aromatic N) is 6. The molecule has 0 bridgehead atoms. The molecule has 0 aliphatic carbocycles. The minimum atomic E-state index is -3.16. The van der Waals surface area contributed by atoms with Gasteiger partial charge in [-0.15, -0.1) is 11.3 Å². The molecule has 11 nitrogen and oxygen atoms in total. The van der Waals surface area contributed by atoms with Crippen molar-refractivity contribution in [3.05, 3.63) is 34.7 Å². The number of fused-ring (bicyclic) bond motifs is 1. The van der Waals surface area contributed by atoms with Crippen molar-refractivity contribution < 1.29 is 17.9 Å². The quantitative estimate of drug-likeness (QED) is 0.322. The Hall–Kier alpha value is -2.68. The van der Waals surface area contributed by atoms with Crippen LogP contribution in [0.3, 0.4) is 0 Å². The topological polar surface area (TPSA) is 126 Å². The number of morpholine rings is 1. The van der Waals surface area contributed by atoms with Gasteiger partial charge in [-0.25, -0.2) is 18.4 Å². The van der Waals surface area contributed by atoms with Gasteiger partial charge in [0.25, 0.3) is 0 Å². The van der Waals surface area contributed by atoms with Gasteiger partial charge < -0.3 is 20.1 Å². The number of piperazine rings is 1. The Kier molecular flexibility index (Phi) is 8.52. The molecule has 3 aliphatic rings. The first kappa shape index (κ1) is 28.4. The summed E-state index contributed by atoms with van der Waals surface area (Å²) in [4.78, 5) is 21.6. The summed E-state index contributed by atoms with van der Waals surface area (Å²) in [5, 5.41) is 1.03. The Labute approximate surface area is 245 Å². The van der Waals surface area contributed by atoms with Crippen molar-refractivity contribution >= 4 is 49.3 Å². The molecule has 1 atom stereocenters. The molecule has 3 aromatic rings. The first-order chi connectivity index (χ1) is 19.8. The van der Waals surface area contributed by atoms with Crippen molar-refractivity contribution in [1.29, 1.82) is 0 Å². The zero-order valence-electron chi connectivity index (χ0n) is 23.4. The van der Waals surface area contributed by atoms with Gasteiger partial charge in [-0.2, -0.15) is 4.31 Å². The Bertz CT molecular complexity index is 1510. The number of benzene rings is 1. The lowest BCUT2D eigenvalue weighted by molar-refractivity contribution is 0.0227. The van der Waals surface area contributed by atoms with Crippen molar-refractivity contribution in [3.63, 3.8) is 0 Å². The number of aliphatic imine (C=N–C) groups is 1. The lowest BCUT2D eigenvalue weighted by Crippen LogP contribution is -2.47. The second-order valence-electron chi connectivity index (χ2n) is 10.7. The predicted octanol–water partition coefficient (Wildman–Crippen LogP) is 2.80. The molecule has 0 amide bonds. The zero-order chi connectivity index (χ0) is 28.4. The van der Waals surface area contributed by atoms with E-state index in [-0.39, 0.29) is 6.23 Å². The van der Waals surface area contributed by atoms with Gasteiger partial charge in [-0.05, 0) is 31.4 Å². The molecule has 1 unspecified atom stereocenters. The minimum absolute atomic E-state index is 0.150. The maximum atomic E-state index is 11.9. The number of hydrogen-bond acceptors (Lipinski definition) is 11. The number of anilines is 2. The third-order valence-corrected chi connectivity index (χ3v) is 10.1. The van der Waals surface area contributed by atoms with Crippen LogP contribution in [0.15, 0.2) is 29.3 Å². The van der Waals surface area contributed by atoms with E-state index in [1.54, 1.807) is 15.6 Å². The molecule has 3 aliphatic heterocycles. The summed E-state index contributed by atoms with van der Waals surface area (Å²) < 4.78 is 36.8. The molecule has 0 saturated carbocycles. The normalized spacial score (nSPS) is 21.7. The first-order valence-electron chi connectivity index (χ1n) is 14.2. The molecule has 5 heterocycles. The third kappa shape index (κ3) is 6.55. The molecule has 3 saturated heterocycles. The summed E-state index contributed by atoms with van der Waals surface area (Å²) in [5.74, 6) is 1.52. The Morgan fingerprint density at radius 1 is 1.10 bits per heavy atom. The first-order valence-corrected chi connectivity index (χ1v) is 16.9. The van der Waals surface area contributed by atoms with E-state index in [0.29, 0.717) is 50.9 Å². The van der Waals surface area contributed by atoms with Gasteiger partial charge in [0, 0.05) is 80.3 Å². The van der Waals surface area contributed by atoms with Gasteiger partial charge in [0.15, 0.2) is 5.82 Å². The number of nitrogen functional groups attached to an aromatic ring is 1. The molecular weight excluding hydrogens is 562 g/mol. The van der Waals surface area contributed by atoms with Crippen molar-refractivity contribution in [2.24, 2.45) is 4.99 Å². The summed E-state index contributed by atoms with van der Waals surface area (Å²) in [5.41, 5.74) is 8.72. The van der Waals surface area contributed by atoms with Crippen molar-refractivity contribution in [2.75, 3.05) is 76.0 Å². The highest BCUT2D eigenvalue weighted by atomic mass is 32.2. The number of hydrogen-bond donors (Lipinski definition) is 1. The molecular formula is C28H37N7O4S2. The van der Waals surface area contributed by atoms with Gasteiger partial charge in [-0.1, -0.05) is 12.1 Å². The lowest BCUT2D eigenvalue weighted by atomic mass is 10.1. The van der Waals surface area contributed by atoms with Crippen LogP contribution in [0, 0.1) is 0 Å². The summed E-state index contributed by atoms with van der Waals surface area (Å²) in [6, 6.07) is 8.00. The number of rotatable bonds is 7. The summed E-state index contributed by atoms with van der Waals surface area (Å²) in [7, 11) is -3.16. The SMILES string of the molecule is CS(=O)(=O)N1CCN(Cc2cc3c(N4CCOCC4)nc(-c4cccc(N)c4C=NC4CCCCO4)nc3s2)CC1. The molecule has 0 spiro atoms. The van der Waals surface area contributed by atoms with E-state index < -0.39 is 10.0 Å². The van der Waals surface area contributed by atoms with Gasteiger partial charge in [0.05, 0.1) is 24.9 Å². The van der Waals surface area contributed by atoms with Crippen LogP contribution in [-0.2, 0) is 26.0 Å². The van der Waals surface area contributed by atoms with Gasteiger partial charge in [0.2, 0.25) is 10.0 Å². The molecule has 13 heteroatoms. The maximum absolute atomic E-state index is 11.9. The molecule has 41 heavy (non-hydrogen) atoms. The lowest BCUT2D eigenvalue weighted by Gasteiger charge is -2.32. The summed E-state index contributed by atoms with van der Waals surface area (Å²) in [6.45, 7) is 6.72. The number of ether oxygens (including phenoxy) is 2. The van der Waals surface area contributed by atoms with E-state index in [1.165, 1.54) is 11.1 Å². The monoisotopic (exact) mass is 599 g/mol. The van der Waals surface area contributed by atoms with E-state index >= 15 is 0 Å². The highest BCUT2D eigenvalue weighted by molar-refractivity contribution is 7.88. The smallest absolute Gasteiger partial charge is 0.211 e. The second kappa shape index (κ2) is 12.3. The maximum Gasteiger partial charge on any atom is 0.211 e. The van der Waals surface area contributed by atoms with E-state index in [1.807, 2.05) is 24.4 Å². The molecule has 6 rings (SSSR count). The van der Waals surface area contributed by atoms with E-state index in [2.05, 4.69) is 15.9 Å². The average molecular weight is 600 g/mol. The van der Waals surface area contributed by atoms with Crippen molar-refractivity contribution in [3.8, 4) is 11.4 Å².